The van der Waals surface area contributed by atoms with E-state index in [1.54, 1.807) is 31.4 Å². The Morgan fingerprint density at radius 1 is 1.24 bits per heavy atom. The van der Waals surface area contributed by atoms with Gasteiger partial charge in [0.25, 0.3) is 0 Å². The van der Waals surface area contributed by atoms with Crippen LogP contribution in [-0.2, 0) is 4.74 Å². The number of hydrogen-bond acceptors (Lipinski definition) is 8. The first-order valence-electron chi connectivity index (χ1n) is 9.29. The average molecular weight is 402 g/mol. The minimum Gasteiger partial charge on any atom is -0.497 e. The zero-order chi connectivity index (χ0) is 20.6. The van der Waals surface area contributed by atoms with Gasteiger partial charge in [-0.15, -0.1) is 0 Å². The summed E-state index contributed by atoms with van der Waals surface area (Å²) in [5, 5.41) is 2.88. The van der Waals surface area contributed by atoms with E-state index in [1.165, 1.54) is 18.3 Å². The van der Waals surface area contributed by atoms with Crippen LogP contribution >= 0.6 is 0 Å². The number of morpholine rings is 1. The molecule has 0 radical (unpaired) electrons. The van der Waals surface area contributed by atoms with Crippen molar-refractivity contribution in [3.63, 3.8) is 0 Å². The van der Waals surface area contributed by atoms with Crippen molar-refractivity contribution in [1.29, 1.82) is 0 Å². The van der Waals surface area contributed by atoms with Gasteiger partial charge < -0.3 is 25.3 Å². The number of amides is 2. The summed E-state index contributed by atoms with van der Waals surface area (Å²) in [7, 11) is 3.10. The molecular weight excluding hydrogens is 376 g/mol. The molecule has 1 saturated heterocycles. The van der Waals surface area contributed by atoms with E-state index in [1.807, 2.05) is 0 Å². The Kier molecular flexibility index (Phi) is 7.04. The maximum Gasteiger partial charge on any atom is 0.327 e. The lowest BCUT2D eigenvalue weighted by molar-refractivity contribution is 0.0393. The van der Waals surface area contributed by atoms with Crippen LogP contribution in [0, 0.1) is 0 Å². The number of nitrogen functional groups attached to an aromatic ring is 1. The van der Waals surface area contributed by atoms with Crippen LogP contribution in [0.4, 0.5) is 22.1 Å². The van der Waals surface area contributed by atoms with E-state index in [0.717, 1.165) is 13.1 Å². The molecule has 0 atom stereocenters. The van der Waals surface area contributed by atoms with E-state index in [2.05, 4.69) is 20.2 Å². The fraction of sp³-hybridized carbons (Fsp3) is 0.421. The predicted molar refractivity (Wildman–Crippen MR) is 110 cm³/mol. The monoisotopic (exact) mass is 402 g/mol. The zero-order valence-corrected chi connectivity index (χ0v) is 16.6. The number of hydrogen-bond donors (Lipinski definition) is 2. The molecule has 2 aromatic rings. The van der Waals surface area contributed by atoms with Gasteiger partial charge in [-0.25, -0.2) is 14.8 Å². The summed E-state index contributed by atoms with van der Waals surface area (Å²) >= 11 is 0. The first-order chi connectivity index (χ1) is 14.1. The molecule has 0 bridgehead atoms. The molecule has 0 saturated carbocycles. The third-order valence-corrected chi connectivity index (χ3v) is 4.59. The van der Waals surface area contributed by atoms with Crippen molar-refractivity contribution >= 4 is 23.4 Å². The van der Waals surface area contributed by atoms with Gasteiger partial charge in [0.05, 0.1) is 33.1 Å². The van der Waals surface area contributed by atoms with Crippen molar-refractivity contribution in [3.8, 4) is 11.5 Å². The quantitative estimate of drug-likeness (QED) is 0.715. The van der Waals surface area contributed by atoms with Crippen LogP contribution in [0.15, 0.2) is 30.6 Å². The number of carbonyl (C=O) groups is 1. The first kappa shape index (κ1) is 20.6. The summed E-state index contributed by atoms with van der Waals surface area (Å²) in [5.41, 5.74) is 6.32. The third-order valence-electron chi connectivity index (χ3n) is 4.59. The molecule has 1 aromatic carbocycles. The molecule has 0 aliphatic carbocycles. The Morgan fingerprint density at radius 2 is 2.03 bits per heavy atom. The zero-order valence-electron chi connectivity index (χ0n) is 16.6. The highest BCUT2D eigenvalue weighted by molar-refractivity contribution is 6.02. The van der Waals surface area contributed by atoms with Gasteiger partial charge in [0.2, 0.25) is 0 Å². The number of anilines is 3. The lowest BCUT2D eigenvalue weighted by atomic mass is 10.2. The highest BCUT2D eigenvalue weighted by Crippen LogP contribution is 2.29. The van der Waals surface area contributed by atoms with Crippen LogP contribution in [0.25, 0.3) is 0 Å². The van der Waals surface area contributed by atoms with Gasteiger partial charge in [0, 0.05) is 38.3 Å². The minimum absolute atomic E-state index is 0.293. The summed E-state index contributed by atoms with van der Waals surface area (Å²) < 4.78 is 16.0. The molecular formula is C19H26N6O4. The van der Waals surface area contributed by atoms with Gasteiger partial charge in [-0.05, 0) is 12.1 Å². The predicted octanol–water partition coefficient (Wildman–Crippen LogP) is 1.45. The molecule has 10 heteroatoms. The summed E-state index contributed by atoms with van der Waals surface area (Å²) in [6.07, 6.45) is 1.34. The maximum absolute atomic E-state index is 13.1. The minimum atomic E-state index is -0.347. The number of rotatable bonds is 7. The van der Waals surface area contributed by atoms with Crippen molar-refractivity contribution in [1.82, 2.24) is 14.9 Å². The SMILES string of the molecule is COc1ccc(NC(=O)N(CCN2CCOCC2)c2cc(N)ncn2)c(OC)c1. The topological polar surface area (TPSA) is 115 Å². The molecule has 0 unspecified atom stereocenters. The summed E-state index contributed by atoms with van der Waals surface area (Å²) in [5.74, 6) is 1.84. The van der Waals surface area contributed by atoms with Crippen molar-refractivity contribution in [2.24, 2.45) is 0 Å². The van der Waals surface area contributed by atoms with Crippen molar-refractivity contribution in [2.45, 2.75) is 0 Å². The maximum atomic E-state index is 13.1. The van der Waals surface area contributed by atoms with Gasteiger partial charge >= 0.3 is 6.03 Å². The fourth-order valence-electron chi connectivity index (χ4n) is 2.98. The Bertz CT molecular complexity index is 828. The third kappa shape index (κ3) is 5.46. The molecule has 10 nitrogen and oxygen atoms in total. The number of benzene rings is 1. The number of ether oxygens (including phenoxy) is 3. The van der Waals surface area contributed by atoms with Crippen molar-refractivity contribution < 1.29 is 19.0 Å². The van der Waals surface area contributed by atoms with E-state index in [9.17, 15) is 4.79 Å². The summed E-state index contributed by atoms with van der Waals surface area (Å²) in [6.45, 7) is 4.15. The molecule has 1 fully saturated rings. The molecule has 2 heterocycles. The molecule has 1 aliphatic heterocycles. The molecule has 29 heavy (non-hydrogen) atoms. The van der Waals surface area contributed by atoms with Gasteiger partial charge in [0.15, 0.2) is 0 Å². The molecule has 1 aliphatic rings. The smallest absolute Gasteiger partial charge is 0.327 e. The molecule has 3 N–H and O–H groups in total. The number of carbonyl (C=O) groups excluding carboxylic acids is 1. The van der Waals surface area contributed by atoms with Crippen LogP contribution in [0.3, 0.4) is 0 Å². The second-order valence-corrected chi connectivity index (χ2v) is 6.40. The molecule has 0 spiro atoms. The van der Waals surface area contributed by atoms with Crippen molar-refractivity contribution in [2.75, 3.05) is 69.6 Å². The Hall–Kier alpha value is -3.11. The normalized spacial score (nSPS) is 14.3. The molecule has 3 rings (SSSR count). The van der Waals surface area contributed by atoms with Crippen LogP contribution in [0.1, 0.15) is 0 Å². The Morgan fingerprint density at radius 3 is 2.72 bits per heavy atom. The number of methoxy groups -OCH3 is 2. The summed E-state index contributed by atoms with van der Waals surface area (Å²) in [6, 6.07) is 6.41. The average Bonchev–Trinajstić information content (AvgIpc) is 2.75. The Labute approximate surface area is 169 Å². The van der Waals surface area contributed by atoms with E-state index in [4.69, 9.17) is 19.9 Å². The number of nitrogens with one attached hydrogen (secondary N) is 1. The van der Waals surface area contributed by atoms with E-state index in [0.29, 0.717) is 55.1 Å². The number of aromatic nitrogens is 2. The van der Waals surface area contributed by atoms with Crippen LogP contribution in [0.2, 0.25) is 0 Å². The number of nitrogens with zero attached hydrogens (tertiary/aromatic N) is 4. The van der Waals surface area contributed by atoms with Gasteiger partial charge in [0.1, 0.15) is 29.5 Å². The first-order valence-corrected chi connectivity index (χ1v) is 9.29. The summed E-state index contributed by atoms with van der Waals surface area (Å²) in [4.78, 5) is 25.0. The van der Waals surface area contributed by atoms with Crippen molar-refractivity contribution in [3.05, 3.63) is 30.6 Å². The van der Waals surface area contributed by atoms with Crippen LogP contribution in [0.5, 0.6) is 11.5 Å². The standard InChI is InChI=1S/C19H26N6O4/c1-27-14-3-4-15(16(11-14)28-2)23-19(26)25(18-12-17(20)21-13-22-18)6-5-24-7-9-29-10-8-24/h3-4,11-13H,5-10H2,1-2H3,(H,23,26)(H2,20,21,22). The highest BCUT2D eigenvalue weighted by atomic mass is 16.5. The van der Waals surface area contributed by atoms with Gasteiger partial charge in [-0.3, -0.25) is 9.80 Å². The van der Waals surface area contributed by atoms with E-state index < -0.39 is 0 Å². The van der Waals surface area contributed by atoms with E-state index >= 15 is 0 Å². The lowest BCUT2D eigenvalue weighted by Crippen LogP contribution is -2.44. The Balaban J connectivity index is 1.78. The highest BCUT2D eigenvalue weighted by Gasteiger charge is 2.21. The molecule has 156 valence electrons. The lowest BCUT2D eigenvalue weighted by Gasteiger charge is -2.29. The van der Waals surface area contributed by atoms with Crippen LogP contribution < -0.4 is 25.4 Å². The second-order valence-electron chi connectivity index (χ2n) is 6.40. The van der Waals surface area contributed by atoms with Crippen LogP contribution in [-0.4, -0.2) is 74.5 Å². The number of nitrogens with two attached hydrogens (primary N) is 1. The fourth-order valence-corrected chi connectivity index (χ4v) is 2.98. The van der Waals surface area contributed by atoms with Gasteiger partial charge in [-0.2, -0.15) is 0 Å². The molecule has 2 amide bonds. The largest absolute Gasteiger partial charge is 0.497 e. The van der Waals surface area contributed by atoms with E-state index in [-0.39, 0.29) is 6.03 Å². The van der Waals surface area contributed by atoms with Gasteiger partial charge in [-0.1, -0.05) is 0 Å². The molecule has 1 aromatic heterocycles. The second kappa shape index (κ2) is 9.89. The number of urea groups is 1.